The van der Waals surface area contributed by atoms with E-state index in [1.54, 1.807) is 24.8 Å². The number of benzene rings is 1. The van der Waals surface area contributed by atoms with Gasteiger partial charge in [0.05, 0.1) is 11.6 Å². The molecule has 0 N–H and O–H groups in total. The lowest BCUT2D eigenvalue weighted by atomic mass is 10.1. The van der Waals surface area contributed by atoms with Crippen LogP contribution in [0.25, 0.3) is 11.4 Å². The molecule has 10 heteroatoms. The second-order valence-electron chi connectivity index (χ2n) is 6.21. The van der Waals surface area contributed by atoms with Crippen LogP contribution in [0.4, 0.5) is 13.2 Å². The smallest absolute Gasteiger partial charge is 0.405 e. The fourth-order valence-corrected chi connectivity index (χ4v) is 3.04. The predicted molar refractivity (Wildman–Crippen MR) is 91.3 cm³/mol. The molecule has 0 saturated carbocycles. The van der Waals surface area contributed by atoms with Gasteiger partial charge in [-0.15, -0.1) is 23.4 Å². The number of rotatable bonds is 4. The first-order valence-corrected chi connectivity index (χ1v) is 8.36. The SMILES string of the molecule is O=C(c1ccccc1OC(F)(F)F)N1CC(n2cnnc2-c2cccnc2)C1. The predicted octanol–water partition coefficient (Wildman–Crippen LogP) is 2.94. The van der Waals surface area contributed by atoms with E-state index in [0.29, 0.717) is 18.9 Å². The van der Waals surface area contributed by atoms with Crippen LogP contribution in [0.15, 0.2) is 55.1 Å². The van der Waals surface area contributed by atoms with E-state index in [1.165, 1.54) is 23.1 Å². The van der Waals surface area contributed by atoms with E-state index < -0.39 is 18.0 Å². The first kappa shape index (κ1) is 18.0. The van der Waals surface area contributed by atoms with Gasteiger partial charge in [0.2, 0.25) is 0 Å². The highest BCUT2D eigenvalue weighted by atomic mass is 19.4. The average Bonchev–Trinajstić information content (AvgIpc) is 3.09. The Hall–Kier alpha value is -3.43. The van der Waals surface area contributed by atoms with Gasteiger partial charge in [-0.2, -0.15) is 0 Å². The van der Waals surface area contributed by atoms with E-state index in [-0.39, 0.29) is 11.6 Å². The van der Waals surface area contributed by atoms with Crippen molar-refractivity contribution in [2.24, 2.45) is 0 Å². The van der Waals surface area contributed by atoms with Gasteiger partial charge in [0.15, 0.2) is 5.82 Å². The molecule has 3 aromatic rings. The molecule has 1 fully saturated rings. The first-order valence-electron chi connectivity index (χ1n) is 8.36. The van der Waals surface area contributed by atoms with Crippen LogP contribution in [-0.4, -0.2) is 50.0 Å². The molecule has 2 aromatic heterocycles. The van der Waals surface area contributed by atoms with Crippen molar-refractivity contribution in [1.29, 1.82) is 0 Å². The molecule has 144 valence electrons. The third-order valence-electron chi connectivity index (χ3n) is 4.38. The number of alkyl halides is 3. The molecule has 7 nitrogen and oxygen atoms in total. The Kier molecular flexibility index (Phi) is 4.46. The zero-order valence-electron chi connectivity index (χ0n) is 14.4. The maximum atomic E-state index is 12.6. The number of likely N-dealkylation sites (tertiary alicyclic amines) is 1. The Morgan fingerprint density at radius 1 is 1.14 bits per heavy atom. The number of pyridine rings is 1. The normalized spacial score (nSPS) is 14.6. The molecule has 3 heterocycles. The zero-order valence-corrected chi connectivity index (χ0v) is 14.4. The van der Waals surface area contributed by atoms with E-state index in [1.807, 2.05) is 10.6 Å². The van der Waals surface area contributed by atoms with Gasteiger partial charge in [0, 0.05) is 31.0 Å². The number of hydrogen-bond acceptors (Lipinski definition) is 5. The number of nitrogens with zero attached hydrogens (tertiary/aromatic N) is 5. The van der Waals surface area contributed by atoms with Crippen molar-refractivity contribution in [3.8, 4) is 17.1 Å². The fourth-order valence-electron chi connectivity index (χ4n) is 3.04. The van der Waals surface area contributed by atoms with Crippen LogP contribution in [0.3, 0.4) is 0 Å². The molecule has 0 spiro atoms. The number of hydrogen-bond donors (Lipinski definition) is 0. The third-order valence-corrected chi connectivity index (χ3v) is 4.38. The summed E-state index contributed by atoms with van der Waals surface area (Å²) < 4.78 is 43.5. The van der Waals surface area contributed by atoms with E-state index in [9.17, 15) is 18.0 Å². The minimum Gasteiger partial charge on any atom is -0.405 e. The van der Waals surface area contributed by atoms with Crippen LogP contribution in [0.2, 0.25) is 0 Å². The lowest BCUT2D eigenvalue weighted by Gasteiger charge is -2.40. The fraction of sp³-hybridized carbons (Fsp3) is 0.222. The molecule has 0 aliphatic carbocycles. The highest BCUT2D eigenvalue weighted by Gasteiger charge is 2.37. The van der Waals surface area contributed by atoms with Gasteiger partial charge in [-0.05, 0) is 24.3 Å². The van der Waals surface area contributed by atoms with Gasteiger partial charge in [0.25, 0.3) is 5.91 Å². The van der Waals surface area contributed by atoms with Crippen LogP contribution in [0, 0.1) is 0 Å². The first-order chi connectivity index (χ1) is 13.4. The summed E-state index contributed by atoms with van der Waals surface area (Å²) in [6, 6.07) is 8.86. The summed E-state index contributed by atoms with van der Waals surface area (Å²) in [4.78, 5) is 18.1. The summed E-state index contributed by atoms with van der Waals surface area (Å²) in [5.74, 6) is -0.415. The van der Waals surface area contributed by atoms with Gasteiger partial charge in [-0.3, -0.25) is 9.78 Å². The average molecular weight is 389 g/mol. The quantitative estimate of drug-likeness (QED) is 0.686. The number of amides is 1. The zero-order chi connectivity index (χ0) is 19.7. The Bertz CT molecular complexity index is 984. The minimum atomic E-state index is -4.87. The van der Waals surface area contributed by atoms with E-state index in [4.69, 9.17) is 0 Å². The maximum absolute atomic E-state index is 12.6. The van der Waals surface area contributed by atoms with Crippen LogP contribution < -0.4 is 4.74 Å². The Labute approximate surface area is 157 Å². The lowest BCUT2D eigenvalue weighted by Crippen LogP contribution is -2.50. The van der Waals surface area contributed by atoms with Crippen molar-refractivity contribution < 1.29 is 22.7 Å². The van der Waals surface area contributed by atoms with Crippen molar-refractivity contribution in [2.45, 2.75) is 12.4 Å². The number of halogens is 3. The monoisotopic (exact) mass is 389 g/mol. The summed E-state index contributed by atoms with van der Waals surface area (Å²) in [5, 5.41) is 8.02. The lowest BCUT2D eigenvalue weighted by molar-refractivity contribution is -0.274. The molecule has 0 radical (unpaired) electrons. The molecule has 0 unspecified atom stereocenters. The summed E-state index contributed by atoms with van der Waals surface area (Å²) >= 11 is 0. The van der Waals surface area contributed by atoms with Gasteiger partial charge in [-0.1, -0.05) is 12.1 Å². The summed E-state index contributed by atoms with van der Waals surface area (Å²) in [6.07, 6.45) is 0.00569. The van der Waals surface area contributed by atoms with Crippen LogP contribution in [0.5, 0.6) is 5.75 Å². The second kappa shape index (κ2) is 6.95. The van der Waals surface area contributed by atoms with Crippen LogP contribution >= 0.6 is 0 Å². The number of aromatic nitrogens is 4. The van der Waals surface area contributed by atoms with Crippen molar-refractivity contribution in [2.75, 3.05) is 13.1 Å². The topological polar surface area (TPSA) is 73.1 Å². The molecule has 1 amide bonds. The molecular weight excluding hydrogens is 375 g/mol. The van der Waals surface area contributed by atoms with E-state index >= 15 is 0 Å². The van der Waals surface area contributed by atoms with Crippen molar-refractivity contribution in [3.63, 3.8) is 0 Å². The maximum Gasteiger partial charge on any atom is 0.573 e. The molecular formula is C18H14F3N5O2. The third kappa shape index (κ3) is 3.53. The van der Waals surface area contributed by atoms with Gasteiger partial charge in [0.1, 0.15) is 12.1 Å². The Morgan fingerprint density at radius 3 is 2.64 bits per heavy atom. The number of ether oxygens (including phenoxy) is 1. The molecule has 4 rings (SSSR count). The molecule has 1 aliphatic heterocycles. The van der Waals surface area contributed by atoms with Crippen molar-refractivity contribution in [1.82, 2.24) is 24.6 Å². The van der Waals surface area contributed by atoms with E-state index in [2.05, 4.69) is 19.9 Å². The summed E-state index contributed by atoms with van der Waals surface area (Å²) in [6.45, 7) is 0.648. The van der Waals surface area contributed by atoms with Gasteiger partial charge >= 0.3 is 6.36 Å². The number of carbonyl (C=O) groups excluding carboxylic acids is 1. The molecule has 0 bridgehead atoms. The summed E-state index contributed by atoms with van der Waals surface area (Å²) in [7, 11) is 0. The van der Waals surface area contributed by atoms with Gasteiger partial charge < -0.3 is 14.2 Å². The largest absolute Gasteiger partial charge is 0.573 e. The highest BCUT2D eigenvalue weighted by Crippen LogP contribution is 2.31. The van der Waals surface area contributed by atoms with E-state index in [0.717, 1.165) is 11.6 Å². The van der Waals surface area contributed by atoms with Crippen molar-refractivity contribution in [3.05, 3.63) is 60.7 Å². The standard InChI is InChI=1S/C18H14F3N5O2/c19-18(20,21)28-15-6-2-1-5-14(15)17(27)25-9-13(10-25)26-11-23-24-16(26)12-4-3-7-22-8-12/h1-8,11,13H,9-10H2. The highest BCUT2D eigenvalue weighted by molar-refractivity contribution is 5.97. The number of carbonyl (C=O) groups is 1. The second-order valence-corrected chi connectivity index (χ2v) is 6.21. The van der Waals surface area contributed by atoms with Gasteiger partial charge in [-0.25, -0.2) is 0 Å². The molecule has 1 aromatic carbocycles. The minimum absolute atomic E-state index is 0.0788. The Morgan fingerprint density at radius 2 is 1.93 bits per heavy atom. The molecule has 1 aliphatic rings. The Balaban J connectivity index is 1.49. The number of para-hydroxylation sites is 1. The van der Waals surface area contributed by atoms with Crippen LogP contribution in [-0.2, 0) is 0 Å². The van der Waals surface area contributed by atoms with Crippen molar-refractivity contribution >= 4 is 5.91 Å². The molecule has 1 saturated heterocycles. The molecule has 0 atom stereocenters. The van der Waals surface area contributed by atoms with Crippen LogP contribution in [0.1, 0.15) is 16.4 Å². The molecule has 28 heavy (non-hydrogen) atoms. The summed E-state index contributed by atoms with van der Waals surface area (Å²) in [5.41, 5.74) is 0.656.